The number of rotatable bonds is 3. The number of aliphatic hydroxyl groups excluding tert-OH is 1. The number of benzene rings is 3. The second-order valence-corrected chi connectivity index (χ2v) is 8.38. The monoisotopic (exact) mass is 416 g/mol. The van der Waals surface area contributed by atoms with Crippen molar-refractivity contribution in [1.82, 2.24) is 4.90 Å². The summed E-state index contributed by atoms with van der Waals surface area (Å²) in [4.78, 5) is 17.3. The molecule has 0 spiro atoms. The van der Waals surface area contributed by atoms with E-state index in [-0.39, 0.29) is 36.1 Å². The standard InChI is InChI=1S/C26H25FN2O2/c1-28-23-12-11-18(17-7-3-2-4-8-17)15-21(23)25-20(24(28)16-30)13-14-29(25)26(31)19-9-5-6-10-22(19)27/h2-12,15,20,24-25,30H,13-14,16H2,1H3/t20-,24-,25-/m1/s1. The maximum absolute atomic E-state index is 14.4. The van der Waals surface area contributed by atoms with E-state index in [1.807, 2.05) is 25.2 Å². The molecule has 0 saturated carbocycles. The highest BCUT2D eigenvalue weighted by molar-refractivity contribution is 5.95. The van der Waals surface area contributed by atoms with Crippen molar-refractivity contribution >= 4 is 11.6 Å². The van der Waals surface area contributed by atoms with Gasteiger partial charge in [0.25, 0.3) is 5.91 Å². The van der Waals surface area contributed by atoms with Gasteiger partial charge >= 0.3 is 0 Å². The molecule has 3 aromatic carbocycles. The summed E-state index contributed by atoms with van der Waals surface area (Å²) in [5.74, 6) is -0.701. The van der Waals surface area contributed by atoms with E-state index in [1.165, 1.54) is 6.07 Å². The van der Waals surface area contributed by atoms with Crippen LogP contribution in [0.4, 0.5) is 10.1 Å². The number of amides is 1. The van der Waals surface area contributed by atoms with Gasteiger partial charge in [-0.15, -0.1) is 0 Å². The molecule has 158 valence electrons. The second-order valence-electron chi connectivity index (χ2n) is 8.38. The summed E-state index contributed by atoms with van der Waals surface area (Å²) in [6.45, 7) is 0.557. The Morgan fingerprint density at radius 1 is 1.03 bits per heavy atom. The van der Waals surface area contributed by atoms with Crippen LogP contribution in [0.2, 0.25) is 0 Å². The average Bonchev–Trinajstić information content (AvgIpc) is 3.25. The highest BCUT2D eigenvalue weighted by atomic mass is 19.1. The first-order chi connectivity index (χ1) is 15.1. The average molecular weight is 416 g/mol. The molecule has 0 aliphatic carbocycles. The van der Waals surface area contributed by atoms with Gasteiger partial charge in [-0.2, -0.15) is 0 Å². The van der Waals surface area contributed by atoms with Gasteiger partial charge in [0.05, 0.1) is 24.3 Å². The van der Waals surface area contributed by atoms with Gasteiger partial charge in [-0.25, -0.2) is 4.39 Å². The SMILES string of the molecule is CN1c2ccc(-c3ccccc3)cc2[C@H]2[C@H](CCN2C(=O)c2ccccc2F)[C@H]1CO. The van der Waals surface area contributed by atoms with Crippen molar-refractivity contribution in [3.63, 3.8) is 0 Å². The fraction of sp³-hybridized carbons (Fsp3) is 0.269. The number of aliphatic hydroxyl groups is 1. The van der Waals surface area contributed by atoms with Gasteiger partial charge in [0.1, 0.15) is 5.82 Å². The van der Waals surface area contributed by atoms with Gasteiger partial charge < -0.3 is 14.9 Å². The summed E-state index contributed by atoms with van der Waals surface area (Å²) in [5, 5.41) is 10.1. The Bertz CT molecular complexity index is 1120. The highest BCUT2D eigenvalue weighted by Gasteiger charge is 2.48. The zero-order valence-electron chi connectivity index (χ0n) is 17.4. The zero-order chi connectivity index (χ0) is 21.5. The number of hydrogen-bond acceptors (Lipinski definition) is 3. The van der Waals surface area contributed by atoms with E-state index < -0.39 is 5.82 Å². The van der Waals surface area contributed by atoms with Crippen molar-refractivity contribution < 1.29 is 14.3 Å². The normalized spacial score (nSPS) is 22.2. The molecule has 1 N–H and O–H groups in total. The lowest BCUT2D eigenvalue weighted by Gasteiger charge is -2.44. The van der Waals surface area contributed by atoms with Crippen LogP contribution in [0.3, 0.4) is 0 Å². The number of nitrogens with zero attached hydrogens (tertiary/aromatic N) is 2. The first-order valence-electron chi connectivity index (χ1n) is 10.7. The van der Waals surface area contributed by atoms with Crippen molar-refractivity contribution in [3.8, 4) is 11.1 Å². The Kier molecular flexibility index (Phi) is 4.98. The van der Waals surface area contributed by atoms with E-state index in [9.17, 15) is 14.3 Å². The van der Waals surface area contributed by atoms with Crippen LogP contribution in [-0.2, 0) is 0 Å². The minimum Gasteiger partial charge on any atom is -0.394 e. The molecule has 2 heterocycles. The fourth-order valence-corrected chi connectivity index (χ4v) is 5.28. The minimum absolute atomic E-state index is 0.0132. The van der Waals surface area contributed by atoms with E-state index in [4.69, 9.17) is 0 Å². The number of likely N-dealkylation sites (N-methyl/N-ethyl adjacent to an activating group) is 1. The Morgan fingerprint density at radius 3 is 2.52 bits per heavy atom. The topological polar surface area (TPSA) is 43.8 Å². The summed E-state index contributed by atoms with van der Waals surface area (Å²) in [7, 11) is 2.00. The van der Waals surface area contributed by atoms with E-state index in [2.05, 4.69) is 35.2 Å². The number of halogens is 1. The van der Waals surface area contributed by atoms with Crippen LogP contribution in [0.5, 0.6) is 0 Å². The lowest BCUT2D eigenvalue weighted by molar-refractivity contribution is 0.0689. The molecule has 1 saturated heterocycles. The van der Waals surface area contributed by atoms with Gasteiger partial charge in [0.15, 0.2) is 0 Å². The van der Waals surface area contributed by atoms with Crippen molar-refractivity contribution in [3.05, 3.63) is 89.7 Å². The van der Waals surface area contributed by atoms with Gasteiger partial charge in [-0.05, 0) is 47.4 Å². The quantitative estimate of drug-likeness (QED) is 0.683. The Labute approximate surface area is 181 Å². The predicted molar refractivity (Wildman–Crippen MR) is 119 cm³/mol. The lowest BCUT2D eigenvalue weighted by atomic mass is 9.81. The largest absolute Gasteiger partial charge is 0.394 e. The number of fused-ring (bicyclic) bond motifs is 3. The number of anilines is 1. The molecule has 5 rings (SSSR count). The molecule has 2 aliphatic heterocycles. The molecule has 0 bridgehead atoms. The molecule has 5 heteroatoms. The molecular weight excluding hydrogens is 391 g/mol. The van der Waals surface area contributed by atoms with Crippen LogP contribution in [-0.4, -0.2) is 42.2 Å². The smallest absolute Gasteiger partial charge is 0.257 e. The Hall–Kier alpha value is -3.18. The molecule has 2 aliphatic rings. The molecule has 3 aromatic rings. The van der Waals surface area contributed by atoms with E-state index >= 15 is 0 Å². The Morgan fingerprint density at radius 2 is 1.77 bits per heavy atom. The molecule has 31 heavy (non-hydrogen) atoms. The van der Waals surface area contributed by atoms with Crippen LogP contribution in [0, 0.1) is 11.7 Å². The second kappa shape index (κ2) is 7.82. The van der Waals surface area contributed by atoms with Crippen LogP contribution in [0.1, 0.15) is 28.4 Å². The fourth-order valence-electron chi connectivity index (χ4n) is 5.28. The summed E-state index contributed by atoms with van der Waals surface area (Å²) in [6, 6.07) is 22.3. The summed E-state index contributed by atoms with van der Waals surface area (Å²) < 4.78 is 14.4. The van der Waals surface area contributed by atoms with Gasteiger partial charge in [0.2, 0.25) is 0 Å². The molecule has 0 radical (unpaired) electrons. The van der Waals surface area contributed by atoms with E-state index in [0.717, 1.165) is 28.8 Å². The maximum atomic E-state index is 14.4. The summed E-state index contributed by atoms with van der Waals surface area (Å²) in [5.41, 5.74) is 4.36. The van der Waals surface area contributed by atoms with Crippen molar-refractivity contribution in [2.45, 2.75) is 18.5 Å². The number of likely N-dealkylation sites (tertiary alicyclic amines) is 1. The molecular formula is C26H25FN2O2. The van der Waals surface area contributed by atoms with Crippen LogP contribution in [0.15, 0.2) is 72.8 Å². The van der Waals surface area contributed by atoms with Crippen molar-refractivity contribution in [2.75, 3.05) is 25.1 Å². The molecule has 0 aromatic heterocycles. The van der Waals surface area contributed by atoms with E-state index in [0.29, 0.717) is 6.54 Å². The van der Waals surface area contributed by atoms with Crippen LogP contribution >= 0.6 is 0 Å². The number of carbonyl (C=O) groups excluding carboxylic acids is 1. The zero-order valence-corrected chi connectivity index (χ0v) is 17.4. The number of carbonyl (C=O) groups is 1. The van der Waals surface area contributed by atoms with Gasteiger partial charge in [-0.1, -0.05) is 48.5 Å². The highest BCUT2D eigenvalue weighted by Crippen LogP contribution is 2.49. The molecule has 1 fully saturated rings. The first-order valence-corrected chi connectivity index (χ1v) is 10.7. The van der Waals surface area contributed by atoms with Gasteiger partial charge in [0, 0.05) is 25.2 Å². The summed E-state index contributed by atoms with van der Waals surface area (Å²) >= 11 is 0. The Balaban J connectivity index is 1.62. The third kappa shape index (κ3) is 3.20. The van der Waals surface area contributed by atoms with Gasteiger partial charge in [-0.3, -0.25) is 4.79 Å². The number of hydrogen-bond donors (Lipinski definition) is 1. The van der Waals surface area contributed by atoms with Crippen LogP contribution < -0.4 is 4.90 Å². The lowest BCUT2D eigenvalue weighted by Crippen LogP contribution is -2.48. The molecule has 1 amide bonds. The van der Waals surface area contributed by atoms with Crippen LogP contribution in [0.25, 0.3) is 11.1 Å². The molecule has 3 atom stereocenters. The summed E-state index contributed by atoms with van der Waals surface area (Å²) in [6.07, 6.45) is 0.773. The maximum Gasteiger partial charge on any atom is 0.257 e. The van der Waals surface area contributed by atoms with Crippen molar-refractivity contribution in [2.24, 2.45) is 5.92 Å². The first kappa shape index (κ1) is 19.8. The van der Waals surface area contributed by atoms with Crippen molar-refractivity contribution in [1.29, 1.82) is 0 Å². The third-order valence-corrected chi connectivity index (χ3v) is 6.82. The third-order valence-electron chi connectivity index (χ3n) is 6.82. The minimum atomic E-state index is -0.499. The van der Waals surface area contributed by atoms with E-state index in [1.54, 1.807) is 23.1 Å². The predicted octanol–water partition coefficient (Wildman–Crippen LogP) is 4.51. The molecule has 0 unspecified atom stereocenters. The molecule has 4 nitrogen and oxygen atoms in total.